The van der Waals surface area contributed by atoms with Crippen molar-refractivity contribution in [3.05, 3.63) is 41.8 Å². The summed E-state index contributed by atoms with van der Waals surface area (Å²) in [5.74, 6) is -0.330. The summed E-state index contributed by atoms with van der Waals surface area (Å²) in [6.07, 6.45) is -2.58. The Bertz CT molecular complexity index is 651. The number of methoxy groups -OCH3 is 1. The Morgan fingerprint density at radius 1 is 1.30 bits per heavy atom. The van der Waals surface area contributed by atoms with E-state index < -0.39 is 17.6 Å². The number of benzene rings is 1. The van der Waals surface area contributed by atoms with Crippen molar-refractivity contribution in [2.45, 2.75) is 12.6 Å². The Morgan fingerprint density at radius 2 is 2.00 bits per heavy atom. The average molecular weight is 328 g/mol. The van der Waals surface area contributed by atoms with Gasteiger partial charge >= 0.3 is 6.18 Å². The third kappa shape index (κ3) is 4.56. The van der Waals surface area contributed by atoms with Gasteiger partial charge in [0.25, 0.3) is 5.91 Å². The second-order valence-electron chi connectivity index (χ2n) is 4.72. The number of hydrogen-bond acceptors (Lipinski definition) is 4. The maximum absolute atomic E-state index is 12.5. The highest BCUT2D eigenvalue weighted by Gasteiger charge is 2.30. The molecule has 0 radical (unpaired) electrons. The molecule has 2 rings (SSSR count). The van der Waals surface area contributed by atoms with E-state index in [9.17, 15) is 18.0 Å². The predicted octanol–water partition coefficient (Wildman–Crippen LogP) is 3.13. The van der Waals surface area contributed by atoms with Crippen molar-refractivity contribution in [3.8, 4) is 11.5 Å². The highest BCUT2D eigenvalue weighted by molar-refractivity contribution is 5.92. The zero-order valence-electron chi connectivity index (χ0n) is 12.3. The number of ether oxygens (including phenoxy) is 1. The van der Waals surface area contributed by atoms with Crippen LogP contribution in [0.4, 0.5) is 13.2 Å². The van der Waals surface area contributed by atoms with Crippen LogP contribution in [0.1, 0.15) is 22.5 Å². The van der Waals surface area contributed by atoms with Crippen LogP contribution in [0, 0.1) is 0 Å². The predicted molar refractivity (Wildman–Crippen MR) is 75.8 cm³/mol. The standard InChI is InChI=1S/C15H15F3N2O3/c1-22-8-2-7-19-13(21)12-9-23-14(20-12)10-3-5-11(6-4-10)15(16,17)18/h3-6,9H,2,7-8H2,1H3,(H,19,21). The molecule has 5 nitrogen and oxygen atoms in total. The van der Waals surface area contributed by atoms with Gasteiger partial charge in [0.15, 0.2) is 5.69 Å². The number of oxazole rings is 1. The molecule has 0 fully saturated rings. The van der Waals surface area contributed by atoms with Crippen molar-refractivity contribution in [1.29, 1.82) is 0 Å². The van der Waals surface area contributed by atoms with Crippen LogP contribution in [0.15, 0.2) is 34.9 Å². The van der Waals surface area contributed by atoms with E-state index in [0.29, 0.717) is 25.1 Å². The summed E-state index contributed by atoms with van der Waals surface area (Å²) in [4.78, 5) is 15.8. The van der Waals surface area contributed by atoms with E-state index in [-0.39, 0.29) is 11.6 Å². The molecular formula is C15H15F3N2O3. The van der Waals surface area contributed by atoms with Crippen LogP contribution < -0.4 is 5.32 Å². The third-order valence-corrected chi connectivity index (χ3v) is 3.01. The highest BCUT2D eigenvalue weighted by atomic mass is 19.4. The Balaban J connectivity index is 2.02. The maximum Gasteiger partial charge on any atom is 0.416 e. The molecule has 0 aliphatic carbocycles. The molecule has 0 saturated carbocycles. The van der Waals surface area contributed by atoms with E-state index in [4.69, 9.17) is 9.15 Å². The number of aromatic nitrogens is 1. The minimum Gasteiger partial charge on any atom is -0.444 e. The van der Waals surface area contributed by atoms with Gasteiger partial charge < -0.3 is 14.5 Å². The Labute approximate surface area is 130 Å². The van der Waals surface area contributed by atoms with Crippen LogP contribution in [0.2, 0.25) is 0 Å². The number of amides is 1. The average Bonchev–Trinajstić information content (AvgIpc) is 3.01. The van der Waals surface area contributed by atoms with Crippen LogP contribution in [0.25, 0.3) is 11.5 Å². The number of halogens is 3. The molecule has 0 atom stereocenters. The van der Waals surface area contributed by atoms with E-state index in [0.717, 1.165) is 12.1 Å². The molecule has 124 valence electrons. The number of carbonyl (C=O) groups is 1. The molecule has 0 bridgehead atoms. The molecule has 0 aliphatic heterocycles. The van der Waals surface area contributed by atoms with Crippen molar-refractivity contribution in [3.63, 3.8) is 0 Å². The summed E-state index contributed by atoms with van der Waals surface area (Å²) in [5.41, 5.74) is -0.335. The van der Waals surface area contributed by atoms with Gasteiger partial charge in [-0.2, -0.15) is 13.2 Å². The SMILES string of the molecule is COCCCNC(=O)c1coc(-c2ccc(C(F)(F)F)cc2)n1. The topological polar surface area (TPSA) is 64.4 Å². The second kappa shape index (κ2) is 7.28. The van der Waals surface area contributed by atoms with Crippen LogP contribution in [0.3, 0.4) is 0 Å². The summed E-state index contributed by atoms with van der Waals surface area (Å²) in [5, 5.41) is 2.64. The third-order valence-electron chi connectivity index (χ3n) is 3.01. The molecule has 0 unspecified atom stereocenters. The molecule has 1 aromatic heterocycles. The fraction of sp³-hybridized carbons (Fsp3) is 0.333. The Kier molecular flexibility index (Phi) is 5.38. The minimum atomic E-state index is -4.40. The van der Waals surface area contributed by atoms with Gasteiger partial charge in [0.2, 0.25) is 5.89 Å². The Hall–Kier alpha value is -2.35. The van der Waals surface area contributed by atoms with Gasteiger partial charge in [-0.3, -0.25) is 4.79 Å². The maximum atomic E-state index is 12.5. The van der Waals surface area contributed by atoms with Crippen molar-refractivity contribution >= 4 is 5.91 Å². The largest absolute Gasteiger partial charge is 0.444 e. The molecule has 1 amide bonds. The number of nitrogens with zero attached hydrogens (tertiary/aromatic N) is 1. The summed E-state index contributed by atoms with van der Waals surface area (Å²) >= 11 is 0. The van der Waals surface area contributed by atoms with E-state index >= 15 is 0 Å². The van der Waals surface area contributed by atoms with Gasteiger partial charge in [0, 0.05) is 25.8 Å². The lowest BCUT2D eigenvalue weighted by molar-refractivity contribution is -0.137. The Morgan fingerprint density at radius 3 is 2.61 bits per heavy atom. The van der Waals surface area contributed by atoms with E-state index in [1.54, 1.807) is 7.11 Å². The van der Waals surface area contributed by atoms with Gasteiger partial charge in [-0.15, -0.1) is 0 Å². The van der Waals surface area contributed by atoms with E-state index in [1.807, 2.05) is 0 Å². The fourth-order valence-electron chi connectivity index (χ4n) is 1.82. The van der Waals surface area contributed by atoms with Gasteiger partial charge in [0.05, 0.1) is 5.56 Å². The summed E-state index contributed by atoms with van der Waals surface area (Å²) in [6.45, 7) is 0.949. The number of alkyl halides is 3. The molecule has 1 aromatic carbocycles. The normalized spacial score (nSPS) is 11.5. The van der Waals surface area contributed by atoms with Gasteiger partial charge in [-0.1, -0.05) is 0 Å². The molecule has 2 aromatic rings. The van der Waals surface area contributed by atoms with Crippen molar-refractivity contribution in [2.24, 2.45) is 0 Å². The summed E-state index contributed by atoms with van der Waals surface area (Å²) in [7, 11) is 1.57. The number of hydrogen-bond donors (Lipinski definition) is 1. The molecule has 0 aliphatic rings. The van der Waals surface area contributed by atoms with E-state index in [2.05, 4.69) is 10.3 Å². The van der Waals surface area contributed by atoms with Crippen molar-refractivity contribution in [1.82, 2.24) is 10.3 Å². The van der Waals surface area contributed by atoms with Gasteiger partial charge in [-0.25, -0.2) is 4.98 Å². The molecular weight excluding hydrogens is 313 g/mol. The lowest BCUT2D eigenvalue weighted by Gasteiger charge is -2.06. The number of rotatable bonds is 6. The second-order valence-corrected chi connectivity index (χ2v) is 4.72. The highest BCUT2D eigenvalue weighted by Crippen LogP contribution is 2.30. The zero-order chi connectivity index (χ0) is 16.9. The molecule has 0 spiro atoms. The first-order valence-electron chi connectivity index (χ1n) is 6.82. The molecule has 1 N–H and O–H groups in total. The van der Waals surface area contributed by atoms with Crippen LogP contribution in [-0.4, -0.2) is 31.2 Å². The smallest absolute Gasteiger partial charge is 0.416 e. The van der Waals surface area contributed by atoms with Gasteiger partial charge in [0.1, 0.15) is 6.26 Å². The molecule has 8 heteroatoms. The first-order valence-corrected chi connectivity index (χ1v) is 6.82. The first kappa shape index (κ1) is 17.0. The molecule has 1 heterocycles. The van der Waals surface area contributed by atoms with E-state index in [1.165, 1.54) is 18.4 Å². The van der Waals surface area contributed by atoms with Gasteiger partial charge in [-0.05, 0) is 30.7 Å². The van der Waals surface area contributed by atoms with Crippen molar-refractivity contribution in [2.75, 3.05) is 20.3 Å². The minimum absolute atomic E-state index is 0.0670. The van der Waals surface area contributed by atoms with Crippen molar-refractivity contribution < 1.29 is 27.1 Å². The lowest BCUT2D eigenvalue weighted by atomic mass is 10.1. The van der Waals surface area contributed by atoms with Crippen LogP contribution in [-0.2, 0) is 10.9 Å². The summed E-state index contributed by atoms with van der Waals surface area (Å²) in [6, 6.07) is 4.36. The monoisotopic (exact) mass is 328 g/mol. The first-order chi connectivity index (χ1) is 10.9. The quantitative estimate of drug-likeness (QED) is 0.828. The lowest BCUT2D eigenvalue weighted by Crippen LogP contribution is -2.25. The summed E-state index contributed by atoms with van der Waals surface area (Å²) < 4.78 is 47.5. The molecule has 23 heavy (non-hydrogen) atoms. The van der Waals surface area contributed by atoms with Crippen LogP contribution >= 0.6 is 0 Å². The molecule has 0 saturated heterocycles. The number of nitrogens with one attached hydrogen (secondary N) is 1. The fourth-order valence-corrected chi connectivity index (χ4v) is 1.82. The number of carbonyl (C=O) groups excluding carboxylic acids is 1. The van der Waals surface area contributed by atoms with Crippen LogP contribution in [0.5, 0.6) is 0 Å². The zero-order valence-corrected chi connectivity index (χ0v) is 12.3.